The van der Waals surface area contributed by atoms with Crippen molar-refractivity contribution in [3.8, 4) is 11.5 Å². The van der Waals surface area contributed by atoms with Crippen molar-refractivity contribution < 1.29 is 51.6 Å². The van der Waals surface area contributed by atoms with Gasteiger partial charge in [-0.1, -0.05) is 26.0 Å². The van der Waals surface area contributed by atoms with Crippen molar-refractivity contribution in [2.75, 3.05) is 39.8 Å². The largest absolute Gasteiger partial charge is 0.497 e. The van der Waals surface area contributed by atoms with Crippen molar-refractivity contribution in [1.82, 2.24) is 9.62 Å². The number of nitrogens with one attached hydrogen (secondary N) is 1. The Kier molecular flexibility index (Phi) is 12.2. The summed E-state index contributed by atoms with van der Waals surface area (Å²) in [6.45, 7) is 4.25. The van der Waals surface area contributed by atoms with Gasteiger partial charge in [-0.05, 0) is 54.3 Å². The number of benzene rings is 2. The molecule has 0 aromatic heterocycles. The van der Waals surface area contributed by atoms with Crippen molar-refractivity contribution >= 4 is 23.7 Å². The lowest BCUT2D eigenvalue weighted by Crippen LogP contribution is -2.51. The third kappa shape index (κ3) is 10.5. The lowest BCUT2D eigenvalue weighted by atomic mass is 10.0. The van der Waals surface area contributed by atoms with E-state index in [0.29, 0.717) is 24.3 Å². The maximum atomic E-state index is 13.6. The number of carbonyl (C=O) groups is 1. The predicted molar refractivity (Wildman–Crippen MR) is 153 cm³/mol. The fourth-order valence-corrected chi connectivity index (χ4v) is 6.21. The highest BCUT2D eigenvalue weighted by atomic mass is 32.2. The molecule has 1 aliphatic heterocycles. The Hall–Kier alpha value is -2.71. The monoisotopic (exact) mass is 630 g/mol. The van der Waals surface area contributed by atoms with Crippen molar-refractivity contribution in [1.29, 1.82) is 0 Å². The first kappa shape index (κ1) is 33.8. The van der Waals surface area contributed by atoms with E-state index in [1.54, 1.807) is 12.1 Å². The molecule has 0 aliphatic carbocycles. The SMILES string of the molecule is COc1ccc(S(=O)(=O)N(CC(C)C)C[C@@H](O)[C@H](Cc2ccc(OCP(=O)(O)O)cc2)NC(=O)O[C@@H]2CCOC2)cc1. The molecule has 1 amide bonds. The molecule has 2 aromatic rings. The molecular weight excluding hydrogens is 591 g/mol. The van der Waals surface area contributed by atoms with Crippen LogP contribution in [-0.4, -0.2) is 91.7 Å². The number of hydrogen-bond donors (Lipinski definition) is 4. The number of ether oxygens (including phenoxy) is 4. The molecule has 0 unspecified atom stereocenters. The average molecular weight is 631 g/mol. The number of aliphatic hydroxyl groups is 1. The predicted octanol–water partition coefficient (Wildman–Crippen LogP) is 2.34. The van der Waals surface area contributed by atoms with E-state index in [2.05, 4.69) is 5.32 Å². The Labute approximate surface area is 245 Å². The molecule has 3 rings (SSSR count). The van der Waals surface area contributed by atoms with Gasteiger partial charge in [0, 0.05) is 19.5 Å². The van der Waals surface area contributed by atoms with Crippen LogP contribution in [0.15, 0.2) is 53.4 Å². The van der Waals surface area contributed by atoms with Crippen molar-refractivity contribution in [3.05, 3.63) is 54.1 Å². The summed E-state index contributed by atoms with van der Waals surface area (Å²) in [7, 11) is -6.90. The molecule has 4 N–H and O–H groups in total. The lowest BCUT2D eigenvalue weighted by molar-refractivity contribution is 0.0644. The Morgan fingerprint density at radius 1 is 1.10 bits per heavy atom. The fraction of sp³-hybridized carbons (Fsp3) is 0.519. The third-order valence-electron chi connectivity index (χ3n) is 6.36. The van der Waals surface area contributed by atoms with E-state index in [1.807, 2.05) is 13.8 Å². The van der Waals surface area contributed by atoms with Crippen LogP contribution >= 0.6 is 7.60 Å². The van der Waals surface area contributed by atoms with Gasteiger partial charge in [-0.15, -0.1) is 0 Å². The zero-order valence-electron chi connectivity index (χ0n) is 23.8. The molecule has 3 atom stereocenters. The second-order valence-corrected chi connectivity index (χ2v) is 13.9. The molecule has 13 nitrogen and oxygen atoms in total. The minimum atomic E-state index is -4.36. The molecule has 1 aliphatic rings. The van der Waals surface area contributed by atoms with E-state index in [-0.39, 0.29) is 42.7 Å². The number of amides is 1. The summed E-state index contributed by atoms with van der Waals surface area (Å²) in [5, 5.41) is 14.0. The van der Waals surface area contributed by atoms with Gasteiger partial charge in [0.25, 0.3) is 0 Å². The highest BCUT2D eigenvalue weighted by Crippen LogP contribution is 2.34. The van der Waals surface area contributed by atoms with Gasteiger partial charge in [-0.3, -0.25) is 4.57 Å². The van der Waals surface area contributed by atoms with Gasteiger partial charge in [-0.25, -0.2) is 13.2 Å². The number of rotatable bonds is 15. The second-order valence-electron chi connectivity index (χ2n) is 10.4. The maximum Gasteiger partial charge on any atom is 0.407 e. The highest BCUT2D eigenvalue weighted by molar-refractivity contribution is 7.89. The summed E-state index contributed by atoms with van der Waals surface area (Å²) >= 11 is 0. The topological polar surface area (TPSA) is 181 Å². The number of sulfonamides is 1. The number of methoxy groups -OCH3 is 1. The first-order valence-electron chi connectivity index (χ1n) is 13.4. The summed E-state index contributed by atoms with van der Waals surface area (Å²) in [5.74, 6) is 0.657. The molecular formula is C27H39N2O11PS. The molecule has 15 heteroatoms. The van der Waals surface area contributed by atoms with E-state index in [4.69, 9.17) is 28.7 Å². The third-order valence-corrected chi connectivity index (χ3v) is 8.68. The summed E-state index contributed by atoms with van der Waals surface area (Å²) in [4.78, 5) is 30.8. The number of carbonyl (C=O) groups excluding carboxylic acids is 1. The zero-order valence-corrected chi connectivity index (χ0v) is 25.5. The number of hydrogen-bond acceptors (Lipinski definition) is 9. The maximum absolute atomic E-state index is 13.6. The van der Waals surface area contributed by atoms with Crippen LogP contribution in [-0.2, 0) is 30.5 Å². The van der Waals surface area contributed by atoms with Gasteiger partial charge in [0.1, 0.15) is 17.6 Å². The van der Waals surface area contributed by atoms with Gasteiger partial charge >= 0.3 is 13.7 Å². The summed E-state index contributed by atoms with van der Waals surface area (Å²) < 4.78 is 60.3. The van der Waals surface area contributed by atoms with E-state index >= 15 is 0 Å². The quantitative estimate of drug-likeness (QED) is 0.212. The fourth-order valence-electron chi connectivity index (χ4n) is 4.27. The molecule has 1 heterocycles. The van der Waals surface area contributed by atoms with Crippen LogP contribution in [0.5, 0.6) is 11.5 Å². The van der Waals surface area contributed by atoms with E-state index in [1.165, 1.54) is 47.8 Å². The van der Waals surface area contributed by atoms with E-state index in [0.717, 1.165) is 0 Å². The zero-order chi connectivity index (χ0) is 30.9. The average Bonchev–Trinajstić information content (AvgIpc) is 3.44. The van der Waals surface area contributed by atoms with Crippen LogP contribution < -0.4 is 14.8 Å². The molecule has 0 spiro atoms. The van der Waals surface area contributed by atoms with Crippen LogP contribution in [0.3, 0.4) is 0 Å². The normalized spacial score (nSPS) is 17.2. The number of nitrogens with zero attached hydrogens (tertiary/aromatic N) is 1. The smallest absolute Gasteiger partial charge is 0.407 e. The van der Waals surface area contributed by atoms with Gasteiger partial charge in [-0.2, -0.15) is 4.31 Å². The van der Waals surface area contributed by atoms with E-state index in [9.17, 15) is 22.9 Å². The summed E-state index contributed by atoms with van der Waals surface area (Å²) in [5.41, 5.74) is 0.639. The minimum absolute atomic E-state index is 0.0344. The Morgan fingerprint density at radius 3 is 2.29 bits per heavy atom. The van der Waals surface area contributed by atoms with Crippen LogP contribution in [0, 0.1) is 5.92 Å². The summed E-state index contributed by atoms with van der Waals surface area (Å²) in [6, 6.07) is 11.2. The Balaban J connectivity index is 1.81. The van der Waals surface area contributed by atoms with Gasteiger partial charge in [0.15, 0.2) is 6.35 Å². The van der Waals surface area contributed by atoms with Gasteiger partial charge in [0.05, 0.1) is 37.4 Å². The van der Waals surface area contributed by atoms with Crippen LogP contribution in [0.25, 0.3) is 0 Å². The molecule has 234 valence electrons. The molecule has 42 heavy (non-hydrogen) atoms. The summed E-state index contributed by atoms with van der Waals surface area (Å²) in [6.07, 6.45) is -2.69. The second kappa shape index (κ2) is 15.1. The van der Waals surface area contributed by atoms with Gasteiger partial charge in [0.2, 0.25) is 10.0 Å². The first-order valence-corrected chi connectivity index (χ1v) is 16.6. The molecule has 1 saturated heterocycles. The van der Waals surface area contributed by atoms with Crippen LogP contribution in [0.4, 0.5) is 4.79 Å². The van der Waals surface area contributed by atoms with Crippen molar-refractivity contribution in [2.24, 2.45) is 5.92 Å². The molecule has 0 radical (unpaired) electrons. The number of aliphatic hydroxyl groups excluding tert-OH is 1. The van der Waals surface area contributed by atoms with E-state index < -0.39 is 48.3 Å². The van der Waals surface area contributed by atoms with Crippen LogP contribution in [0.1, 0.15) is 25.8 Å². The Morgan fingerprint density at radius 2 is 1.74 bits per heavy atom. The lowest BCUT2D eigenvalue weighted by Gasteiger charge is -2.30. The standard InChI is InChI=1S/C27H39N2O11PS/c1-19(2)15-29(42(35,36)24-10-8-21(37-3)9-11-24)16-26(30)25(28-27(31)40-23-12-13-38-17-23)14-20-4-6-22(7-5-20)39-18-41(32,33)34/h4-11,19,23,25-26,30H,12-18H2,1-3H3,(H,28,31)(H2,32,33,34)/t23-,25+,26-/m1/s1. The van der Waals surface area contributed by atoms with Crippen molar-refractivity contribution in [2.45, 2.75) is 49.8 Å². The van der Waals surface area contributed by atoms with Crippen LogP contribution in [0.2, 0.25) is 0 Å². The highest BCUT2D eigenvalue weighted by Gasteiger charge is 2.32. The first-order chi connectivity index (χ1) is 19.8. The van der Waals surface area contributed by atoms with Crippen molar-refractivity contribution in [3.63, 3.8) is 0 Å². The molecule has 2 aromatic carbocycles. The molecule has 1 fully saturated rings. The van der Waals surface area contributed by atoms with Gasteiger partial charge < -0.3 is 39.2 Å². The number of alkyl carbamates (subject to hydrolysis) is 1. The Bertz CT molecular complexity index is 1290. The molecule has 0 bridgehead atoms. The minimum Gasteiger partial charge on any atom is -0.497 e. The molecule has 0 saturated carbocycles.